The van der Waals surface area contributed by atoms with E-state index >= 15 is 0 Å². The van der Waals surface area contributed by atoms with E-state index in [4.69, 9.17) is 91.3 Å². The highest BCUT2D eigenvalue weighted by Gasteiger charge is 2.27. The molecule has 13 heteroatoms. The molecule has 0 bridgehead atoms. The first kappa shape index (κ1) is 81.7. The summed E-state index contributed by atoms with van der Waals surface area (Å²) in [6.45, 7) is 17.7. The van der Waals surface area contributed by atoms with Crippen molar-refractivity contribution in [3.8, 4) is 127 Å². The van der Waals surface area contributed by atoms with Crippen LogP contribution in [0.3, 0.4) is 0 Å². The number of benzene rings is 8. The summed E-state index contributed by atoms with van der Waals surface area (Å²) in [5.74, 6) is 41.7. The minimum atomic E-state index is -1.83. The van der Waals surface area contributed by atoms with Crippen LogP contribution in [0.5, 0.6) is 23.0 Å². The average Bonchev–Trinajstić information content (AvgIpc) is 1.55. The summed E-state index contributed by atoms with van der Waals surface area (Å²) >= 11 is 28.4. The summed E-state index contributed by atoms with van der Waals surface area (Å²) in [7, 11) is 0. The van der Waals surface area contributed by atoms with Crippen molar-refractivity contribution < 1.29 is 36.7 Å². The molecule has 0 aromatic heterocycles. The molecule has 7 nitrogen and oxygen atoms in total. The van der Waals surface area contributed by atoms with E-state index in [1.54, 1.807) is 27.7 Å². The van der Waals surface area contributed by atoms with Crippen LogP contribution in [-0.2, 0) is 0 Å². The molecule has 1 aliphatic rings. The van der Waals surface area contributed by atoms with Crippen molar-refractivity contribution in [3.05, 3.63) is 224 Å². The average molecular weight is 1540 g/mol. The Bertz CT molecular complexity index is 4380. The van der Waals surface area contributed by atoms with Crippen LogP contribution in [0, 0.1) is 71.0 Å². The molecule has 0 saturated carbocycles. The first-order chi connectivity index (χ1) is 51.6. The number of hydrogen-bond donors (Lipinski definition) is 2. The van der Waals surface area contributed by atoms with Gasteiger partial charge < -0.3 is 29.2 Å². The van der Waals surface area contributed by atoms with Gasteiger partial charge in [-0.15, -0.1) is 0 Å². The van der Waals surface area contributed by atoms with Crippen LogP contribution in [0.25, 0.3) is 33.4 Å². The van der Waals surface area contributed by atoms with Crippen molar-refractivity contribution >= 4 is 75.4 Å². The Morgan fingerprint density at radius 1 is 0.321 bits per heavy atom. The van der Waals surface area contributed by atoms with Gasteiger partial charge in [-0.2, -0.15) is 0 Å². The molecule has 0 saturated heterocycles. The van der Waals surface area contributed by atoms with E-state index in [0.717, 1.165) is 169 Å². The fourth-order valence-corrected chi connectivity index (χ4v) is 11.1. The van der Waals surface area contributed by atoms with Gasteiger partial charge in [0.1, 0.15) is 34.2 Å². The standard InChI is InChI=1S/C91H92O7.2CHCl3/c1-9-13-17-21-57-95-85-65-79(87(97-59-23-19-15-11-3)63-77(85)47-33-67-25-39-73(40-26-67)75-43-29-69(30-44-75)53-55-90(5,6)93)49-35-71-37-51-81-82-52-38-72(62-84(82)89(92)83(81)61-71)36-50-80-66-86(96-58-22-18-14-10-2)78(64-88(80)98-60-24-20-16-12-4)48-34-68-27-41-74(42-28-68)76-45-31-70(32-46-76)54-56-91(7,8)94;2*2-1(3)4/h25-32,37-46,51-52,61-66,93-94H,9-24,57-60H2,1-8H3;2*1H/i;2*1D. The van der Waals surface area contributed by atoms with E-state index in [-0.39, 0.29) is 5.78 Å². The maximum absolute atomic E-state index is 14.5. The lowest BCUT2D eigenvalue weighted by Gasteiger charge is -2.14. The highest BCUT2D eigenvalue weighted by molar-refractivity contribution is 6.63. The zero-order valence-electron chi connectivity index (χ0n) is 63.9. The summed E-state index contributed by atoms with van der Waals surface area (Å²) in [5.41, 5.74) is 12.7. The van der Waals surface area contributed by atoms with E-state index in [0.29, 0.717) is 82.8 Å². The van der Waals surface area contributed by atoms with Gasteiger partial charge in [0.05, 0.1) is 51.4 Å². The smallest absolute Gasteiger partial charge is 0.194 e. The monoisotopic (exact) mass is 1530 g/mol. The number of halogens is 6. The number of hydrogen-bond acceptors (Lipinski definition) is 7. The van der Waals surface area contributed by atoms with Gasteiger partial charge in [0.25, 0.3) is 0 Å². The Morgan fingerprint density at radius 3 is 0.783 bits per heavy atom. The van der Waals surface area contributed by atoms with E-state index in [9.17, 15) is 15.0 Å². The van der Waals surface area contributed by atoms with Gasteiger partial charge in [-0.25, -0.2) is 0 Å². The maximum atomic E-state index is 14.5. The van der Waals surface area contributed by atoms with Crippen molar-refractivity contribution in [2.75, 3.05) is 26.4 Å². The van der Waals surface area contributed by atoms with Crippen molar-refractivity contribution in [1.82, 2.24) is 0 Å². The van der Waals surface area contributed by atoms with Crippen molar-refractivity contribution in [2.24, 2.45) is 0 Å². The first-order valence-electron chi connectivity index (χ1n) is 37.4. The van der Waals surface area contributed by atoms with Crippen LogP contribution in [0.4, 0.5) is 0 Å². The number of rotatable bonds is 26. The number of unbranched alkanes of at least 4 members (excludes halogenated alkanes) is 12. The minimum absolute atomic E-state index is 0.0748. The molecule has 2 N–H and O–H groups in total. The molecular weight excluding hydrogens is 1440 g/mol. The number of carbonyl (C=O) groups excluding carboxylic acids is 1. The minimum Gasteiger partial charge on any atom is -0.492 e. The van der Waals surface area contributed by atoms with Gasteiger partial charge in [-0.05, 0) is 160 Å². The summed E-state index contributed by atoms with van der Waals surface area (Å²) in [6.07, 6.45) is 17.0. The van der Waals surface area contributed by atoms with Crippen LogP contribution in [0.2, 0.25) is 0 Å². The topological polar surface area (TPSA) is 94.5 Å². The van der Waals surface area contributed by atoms with Crippen LogP contribution in [0.1, 0.15) is 232 Å². The zero-order chi connectivity index (χ0) is 78.1. The zero-order valence-corrected chi connectivity index (χ0v) is 66.4. The van der Waals surface area contributed by atoms with Gasteiger partial charge in [0.15, 0.2) is 14.3 Å². The van der Waals surface area contributed by atoms with Crippen molar-refractivity contribution in [2.45, 2.75) is 178 Å². The third kappa shape index (κ3) is 29.8. The molecule has 550 valence electrons. The quantitative estimate of drug-likeness (QED) is 0.0317. The third-order valence-electron chi connectivity index (χ3n) is 16.6. The van der Waals surface area contributed by atoms with Crippen LogP contribution in [-0.4, -0.2) is 62.2 Å². The molecular formula is C93H94Cl6O7. The Kier molecular flexibility index (Phi) is 34.5. The molecule has 0 unspecified atom stereocenters. The molecule has 0 atom stereocenters. The van der Waals surface area contributed by atoms with E-state index in [2.05, 4.69) is 123 Å². The normalized spacial score (nSPS) is 11.4. The van der Waals surface area contributed by atoms with Crippen LogP contribution >= 0.6 is 69.6 Å². The number of carbonyl (C=O) groups is 1. The predicted octanol–water partition coefficient (Wildman–Crippen LogP) is 23.9. The second-order valence-electron chi connectivity index (χ2n) is 26.5. The van der Waals surface area contributed by atoms with E-state index < -0.39 is 19.7 Å². The lowest BCUT2D eigenvalue weighted by Crippen LogP contribution is -2.14. The molecule has 0 spiro atoms. The molecule has 0 heterocycles. The molecule has 0 radical (unpaired) electrons. The lowest BCUT2D eigenvalue weighted by molar-refractivity contribution is 0.104. The molecule has 0 amide bonds. The second kappa shape index (κ2) is 44.7. The molecule has 0 fully saturated rings. The van der Waals surface area contributed by atoms with E-state index in [1.165, 1.54) is 0 Å². The molecule has 0 aliphatic heterocycles. The largest absolute Gasteiger partial charge is 0.492 e. The first-order valence-corrected chi connectivity index (χ1v) is 38.7. The molecule has 9 rings (SSSR count). The summed E-state index contributed by atoms with van der Waals surface area (Å²) in [6, 6.07) is 52.0. The predicted molar refractivity (Wildman–Crippen MR) is 443 cm³/mol. The van der Waals surface area contributed by atoms with Crippen molar-refractivity contribution in [1.29, 1.82) is 0 Å². The highest BCUT2D eigenvalue weighted by Crippen LogP contribution is 2.38. The van der Waals surface area contributed by atoms with E-state index in [1.807, 2.05) is 133 Å². The van der Waals surface area contributed by atoms with Gasteiger partial charge in [-0.3, -0.25) is 4.79 Å². The van der Waals surface area contributed by atoms with Gasteiger partial charge in [-0.1, -0.05) is 306 Å². The summed E-state index contributed by atoms with van der Waals surface area (Å²) in [5, 5.41) is 20.1. The van der Waals surface area contributed by atoms with Crippen LogP contribution in [0.15, 0.2) is 158 Å². The number of fused-ring (bicyclic) bond motifs is 3. The number of ketones is 1. The Morgan fingerprint density at radius 2 is 0.547 bits per heavy atom. The second-order valence-corrected chi connectivity index (χ2v) is 30.0. The van der Waals surface area contributed by atoms with Gasteiger partial charge >= 0.3 is 0 Å². The molecule has 1 aliphatic carbocycles. The molecule has 8 aromatic rings. The SMILES string of the molecule is CCCCCCOc1cc(C#Cc2ccc3c(c2)C(=O)c2cc(C#Cc4cc(OCCCCCC)c(C#Cc5ccc(-c6ccc(C#CC(C)(C)O)cc6)cc5)cc4OCCCCCC)ccc2-3)c(OCCCCCC)cc1C#Cc1ccc(-c2ccc(C#CC(C)(C)O)cc2)cc1.[2H]C(Cl)(Cl)Cl.[2H]C(Cl)(Cl)Cl. The fourth-order valence-electron chi connectivity index (χ4n) is 11.1. The number of alkyl halides is 6. The lowest BCUT2D eigenvalue weighted by atomic mass is 10.0. The highest BCUT2D eigenvalue weighted by atomic mass is 35.6. The van der Waals surface area contributed by atoms with Crippen LogP contribution < -0.4 is 18.9 Å². The number of ether oxygens (including phenoxy) is 4. The van der Waals surface area contributed by atoms with Gasteiger partial charge in [0, 0.05) is 68.8 Å². The maximum Gasteiger partial charge on any atom is 0.194 e. The Balaban J connectivity index is 0.00000152. The molecule has 8 aromatic carbocycles. The van der Waals surface area contributed by atoms with Gasteiger partial charge in [0.2, 0.25) is 0 Å². The van der Waals surface area contributed by atoms with Crippen molar-refractivity contribution in [3.63, 3.8) is 0 Å². The Hall–Kier alpha value is -8.35. The summed E-state index contributed by atoms with van der Waals surface area (Å²) < 4.78 is 35.0. The summed E-state index contributed by atoms with van der Waals surface area (Å²) in [4.78, 5) is 14.5. The third-order valence-corrected chi connectivity index (χ3v) is 16.6. The Labute approximate surface area is 663 Å². The molecule has 106 heavy (non-hydrogen) atoms. The fraction of sp³-hybridized carbons (Fsp3) is 0.344. The number of aliphatic hydroxyl groups is 2.